The van der Waals surface area contributed by atoms with Crippen LogP contribution in [0, 0.1) is 6.92 Å². The third-order valence-corrected chi connectivity index (χ3v) is 3.45. The number of anilines is 1. The van der Waals surface area contributed by atoms with Gasteiger partial charge in [0.25, 0.3) is 0 Å². The summed E-state index contributed by atoms with van der Waals surface area (Å²) in [5.41, 5.74) is 2.09. The number of hydrogen-bond acceptors (Lipinski definition) is 5. The number of ether oxygens (including phenoxy) is 1. The Morgan fingerprint density at radius 1 is 1.26 bits per heavy atom. The van der Waals surface area contributed by atoms with Crippen molar-refractivity contribution in [1.82, 2.24) is 9.97 Å². The lowest BCUT2D eigenvalue weighted by atomic mass is 10.2. The molecule has 19 heavy (non-hydrogen) atoms. The van der Waals surface area contributed by atoms with E-state index in [1.54, 1.807) is 11.3 Å². The fraction of sp³-hybridized carbons (Fsp3) is 0.429. The van der Waals surface area contributed by atoms with Gasteiger partial charge >= 0.3 is 0 Å². The molecule has 2 aromatic heterocycles. The van der Waals surface area contributed by atoms with Gasteiger partial charge in [-0.1, -0.05) is 0 Å². The van der Waals surface area contributed by atoms with E-state index in [1.807, 2.05) is 13.0 Å². The molecule has 0 radical (unpaired) electrons. The summed E-state index contributed by atoms with van der Waals surface area (Å²) >= 11 is 1.73. The van der Waals surface area contributed by atoms with E-state index >= 15 is 0 Å². The van der Waals surface area contributed by atoms with Gasteiger partial charge in [0.15, 0.2) is 5.82 Å². The summed E-state index contributed by atoms with van der Waals surface area (Å²) < 4.78 is 5.40. The zero-order valence-corrected chi connectivity index (χ0v) is 12.4. The molecule has 0 fully saturated rings. The zero-order valence-electron chi connectivity index (χ0n) is 11.6. The Kier molecular flexibility index (Phi) is 4.87. The molecule has 0 unspecified atom stereocenters. The van der Waals surface area contributed by atoms with Gasteiger partial charge in [-0.05, 0) is 26.8 Å². The predicted molar refractivity (Wildman–Crippen MR) is 79.6 cm³/mol. The molecule has 0 atom stereocenters. The highest BCUT2D eigenvalue weighted by Gasteiger charge is 2.08. The third-order valence-electron chi connectivity index (χ3n) is 2.59. The molecule has 5 heteroatoms. The summed E-state index contributed by atoms with van der Waals surface area (Å²) in [6.07, 6.45) is 0. The van der Waals surface area contributed by atoms with Crippen molar-refractivity contribution in [1.29, 1.82) is 0 Å². The van der Waals surface area contributed by atoms with Crippen LogP contribution in [0.5, 0.6) is 0 Å². The van der Waals surface area contributed by atoms with Crippen molar-refractivity contribution in [3.05, 3.63) is 28.2 Å². The molecule has 0 saturated heterocycles. The van der Waals surface area contributed by atoms with Crippen LogP contribution in [0.3, 0.4) is 0 Å². The number of thiophene rings is 1. The maximum absolute atomic E-state index is 5.40. The third kappa shape index (κ3) is 3.75. The van der Waals surface area contributed by atoms with Crippen LogP contribution in [0.2, 0.25) is 0 Å². The fourth-order valence-corrected chi connectivity index (χ4v) is 2.45. The number of nitrogens with one attached hydrogen (secondary N) is 1. The molecule has 0 aliphatic carbocycles. The van der Waals surface area contributed by atoms with Gasteiger partial charge in [-0.25, -0.2) is 9.97 Å². The Balaban J connectivity index is 2.33. The van der Waals surface area contributed by atoms with Gasteiger partial charge in [0.1, 0.15) is 12.4 Å². The van der Waals surface area contributed by atoms with Crippen molar-refractivity contribution in [3.8, 4) is 11.3 Å². The molecular formula is C14H19N3OS. The van der Waals surface area contributed by atoms with Crippen molar-refractivity contribution in [2.75, 3.05) is 18.5 Å². The molecule has 0 aromatic carbocycles. The Morgan fingerprint density at radius 2 is 2.11 bits per heavy atom. The van der Waals surface area contributed by atoms with Crippen LogP contribution in [0.25, 0.3) is 11.3 Å². The summed E-state index contributed by atoms with van der Waals surface area (Å²) in [7, 11) is 0. The molecule has 0 saturated carbocycles. The first kappa shape index (κ1) is 14.0. The minimum absolute atomic E-state index is 0.450. The average molecular weight is 277 g/mol. The number of hydrogen-bond donors (Lipinski definition) is 1. The van der Waals surface area contributed by atoms with Crippen LogP contribution in [0.1, 0.15) is 24.5 Å². The molecule has 0 amide bonds. The van der Waals surface area contributed by atoms with E-state index in [4.69, 9.17) is 4.74 Å². The SMILES string of the molecule is CCNc1cc(-c2csc(C)c2)nc(COCC)n1. The normalized spacial score (nSPS) is 10.7. The predicted octanol–water partition coefficient (Wildman–Crippen LogP) is 3.48. The molecule has 2 heterocycles. The minimum Gasteiger partial charge on any atom is -0.374 e. The molecule has 1 N–H and O–H groups in total. The van der Waals surface area contributed by atoms with Gasteiger partial charge < -0.3 is 10.1 Å². The van der Waals surface area contributed by atoms with Crippen molar-refractivity contribution in [2.24, 2.45) is 0 Å². The molecule has 0 aliphatic rings. The van der Waals surface area contributed by atoms with E-state index in [-0.39, 0.29) is 0 Å². The number of aromatic nitrogens is 2. The second-order valence-corrected chi connectivity index (χ2v) is 5.28. The molecule has 0 spiro atoms. The molecular weight excluding hydrogens is 258 g/mol. The smallest absolute Gasteiger partial charge is 0.157 e. The number of aryl methyl sites for hydroxylation is 1. The van der Waals surface area contributed by atoms with E-state index in [0.717, 1.165) is 29.4 Å². The average Bonchev–Trinajstić information content (AvgIpc) is 2.83. The first-order chi connectivity index (χ1) is 9.22. The summed E-state index contributed by atoms with van der Waals surface area (Å²) in [4.78, 5) is 10.3. The van der Waals surface area contributed by atoms with Gasteiger partial charge in [-0.2, -0.15) is 0 Å². The van der Waals surface area contributed by atoms with Gasteiger partial charge in [0, 0.05) is 35.0 Å². The first-order valence-electron chi connectivity index (χ1n) is 6.48. The van der Waals surface area contributed by atoms with Crippen LogP contribution < -0.4 is 5.32 Å². The molecule has 102 valence electrons. The lowest BCUT2D eigenvalue weighted by Crippen LogP contribution is -2.06. The standard InChI is InChI=1S/C14H19N3OS/c1-4-15-13-7-12(11-6-10(3)19-9-11)16-14(17-13)8-18-5-2/h6-7,9H,4-5,8H2,1-3H3,(H,15,16,17). The van der Waals surface area contributed by atoms with Gasteiger partial charge in [-0.15, -0.1) is 11.3 Å². The highest BCUT2D eigenvalue weighted by Crippen LogP contribution is 2.25. The highest BCUT2D eigenvalue weighted by atomic mass is 32.1. The molecule has 0 aliphatic heterocycles. The van der Waals surface area contributed by atoms with Crippen LogP contribution in [-0.2, 0) is 11.3 Å². The van der Waals surface area contributed by atoms with Crippen LogP contribution in [0.4, 0.5) is 5.82 Å². The largest absolute Gasteiger partial charge is 0.374 e. The van der Waals surface area contributed by atoms with Crippen LogP contribution in [-0.4, -0.2) is 23.1 Å². The van der Waals surface area contributed by atoms with Crippen molar-refractivity contribution in [3.63, 3.8) is 0 Å². The number of nitrogens with zero attached hydrogens (tertiary/aromatic N) is 2. The summed E-state index contributed by atoms with van der Waals surface area (Å²) in [6, 6.07) is 4.13. The fourth-order valence-electron chi connectivity index (χ4n) is 1.75. The van der Waals surface area contributed by atoms with E-state index < -0.39 is 0 Å². The molecule has 4 nitrogen and oxygen atoms in total. The summed E-state index contributed by atoms with van der Waals surface area (Å²) in [5.74, 6) is 1.57. The van der Waals surface area contributed by atoms with Crippen LogP contribution in [0.15, 0.2) is 17.5 Å². The molecule has 2 aromatic rings. The van der Waals surface area contributed by atoms with Crippen molar-refractivity contribution < 1.29 is 4.74 Å². The first-order valence-corrected chi connectivity index (χ1v) is 7.36. The van der Waals surface area contributed by atoms with E-state index in [2.05, 4.69) is 40.6 Å². The molecule has 2 rings (SSSR count). The van der Waals surface area contributed by atoms with Gasteiger partial charge in [0.2, 0.25) is 0 Å². The quantitative estimate of drug-likeness (QED) is 0.878. The Morgan fingerprint density at radius 3 is 2.74 bits per heavy atom. The van der Waals surface area contributed by atoms with Crippen molar-refractivity contribution in [2.45, 2.75) is 27.4 Å². The minimum atomic E-state index is 0.450. The Labute approximate surface area is 117 Å². The second-order valence-electron chi connectivity index (χ2n) is 4.17. The lowest BCUT2D eigenvalue weighted by molar-refractivity contribution is 0.128. The zero-order chi connectivity index (χ0) is 13.7. The monoisotopic (exact) mass is 277 g/mol. The Bertz CT molecular complexity index is 539. The van der Waals surface area contributed by atoms with E-state index in [1.165, 1.54) is 4.88 Å². The highest BCUT2D eigenvalue weighted by molar-refractivity contribution is 7.10. The topological polar surface area (TPSA) is 47.0 Å². The van der Waals surface area contributed by atoms with E-state index in [0.29, 0.717) is 13.2 Å². The summed E-state index contributed by atoms with van der Waals surface area (Å²) in [5, 5.41) is 5.36. The van der Waals surface area contributed by atoms with Gasteiger partial charge in [0.05, 0.1) is 5.69 Å². The maximum atomic E-state index is 5.40. The lowest BCUT2D eigenvalue weighted by Gasteiger charge is -2.08. The Hall–Kier alpha value is -1.46. The summed E-state index contributed by atoms with van der Waals surface area (Å²) in [6.45, 7) is 8.08. The van der Waals surface area contributed by atoms with Gasteiger partial charge in [-0.3, -0.25) is 0 Å². The molecule has 0 bridgehead atoms. The maximum Gasteiger partial charge on any atom is 0.157 e. The van der Waals surface area contributed by atoms with Crippen LogP contribution >= 0.6 is 11.3 Å². The van der Waals surface area contributed by atoms with Crippen molar-refractivity contribution >= 4 is 17.2 Å². The van der Waals surface area contributed by atoms with E-state index in [9.17, 15) is 0 Å². The number of rotatable bonds is 6. The second kappa shape index (κ2) is 6.63.